The van der Waals surface area contributed by atoms with E-state index in [-0.39, 0.29) is 22.6 Å². The van der Waals surface area contributed by atoms with E-state index in [1.165, 1.54) is 26.4 Å². The van der Waals surface area contributed by atoms with Gasteiger partial charge in [-0.05, 0) is 12.1 Å². The van der Waals surface area contributed by atoms with Crippen LogP contribution < -0.4 is 4.74 Å². The fourth-order valence-electron chi connectivity index (χ4n) is 1.17. The van der Waals surface area contributed by atoms with Crippen LogP contribution in [0.15, 0.2) is 12.1 Å². The van der Waals surface area contributed by atoms with E-state index in [0.717, 1.165) is 0 Å². The molecule has 78 valence electrons. The molecule has 1 aromatic rings. The number of aromatic hydroxyl groups is 1. The normalized spacial score (nSPS) is 9.13. The van der Waals surface area contributed by atoms with E-state index in [2.05, 4.69) is 4.74 Å². The highest BCUT2D eigenvalue weighted by Crippen LogP contribution is 2.31. The number of esters is 1. The van der Waals surface area contributed by atoms with Gasteiger partial charge in [0, 0.05) is 0 Å². The van der Waals surface area contributed by atoms with Crippen molar-refractivity contribution in [1.29, 1.82) is 5.26 Å². The zero-order valence-electron chi connectivity index (χ0n) is 8.27. The monoisotopic (exact) mass is 207 g/mol. The predicted octanol–water partition coefficient (Wildman–Crippen LogP) is 1.06. The fraction of sp³-hybridized carbons (Fsp3) is 0.200. The minimum atomic E-state index is -0.749. The van der Waals surface area contributed by atoms with Gasteiger partial charge in [0.15, 0.2) is 5.75 Å². The number of hydrogen-bond donors (Lipinski definition) is 1. The van der Waals surface area contributed by atoms with E-state index in [1.807, 2.05) is 6.07 Å². The molecule has 0 spiro atoms. The van der Waals surface area contributed by atoms with E-state index in [4.69, 9.17) is 10.00 Å². The fourth-order valence-corrected chi connectivity index (χ4v) is 1.17. The van der Waals surface area contributed by atoms with Crippen molar-refractivity contribution in [3.05, 3.63) is 23.3 Å². The molecule has 0 heterocycles. The Bertz CT molecular complexity index is 434. The van der Waals surface area contributed by atoms with Crippen molar-refractivity contribution in [1.82, 2.24) is 0 Å². The second-order valence-electron chi connectivity index (χ2n) is 2.64. The number of rotatable bonds is 2. The number of phenolic OH excluding ortho intramolecular Hbond substituents is 1. The molecule has 1 rings (SSSR count). The Labute approximate surface area is 86.5 Å². The number of carbonyl (C=O) groups is 1. The topological polar surface area (TPSA) is 79.5 Å². The summed E-state index contributed by atoms with van der Waals surface area (Å²) in [6.07, 6.45) is 0. The van der Waals surface area contributed by atoms with Crippen LogP contribution in [0.3, 0.4) is 0 Å². The third-order valence-corrected chi connectivity index (χ3v) is 1.85. The van der Waals surface area contributed by atoms with Gasteiger partial charge in [-0.2, -0.15) is 5.26 Å². The third kappa shape index (κ3) is 1.83. The first-order valence-corrected chi connectivity index (χ1v) is 4.04. The van der Waals surface area contributed by atoms with Crippen LogP contribution in [0.2, 0.25) is 0 Å². The van der Waals surface area contributed by atoms with Crippen LogP contribution in [0.1, 0.15) is 15.9 Å². The Hall–Kier alpha value is -2.22. The first kappa shape index (κ1) is 10.9. The molecule has 5 heteroatoms. The van der Waals surface area contributed by atoms with Crippen molar-refractivity contribution in [2.75, 3.05) is 14.2 Å². The van der Waals surface area contributed by atoms with Crippen LogP contribution in [0.5, 0.6) is 11.5 Å². The molecule has 0 aliphatic carbocycles. The number of hydrogen-bond acceptors (Lipinski definition) is 5. The summed E-state index contributed by atoms with van der Waals surface area (Å²) in [5.74, 6) is -1.01. The highest BCUT2D eigenvalue weighted by atomic mass is 16.5. The minimum absolute atomic E-state index is 0.0179. The van der Waals surface area contributed by atoms with E-state index < -0.39 is 5.97 Å². The van der Waals surface area contributed by atoms with Crippen molar-refractivity contribution in [2.45, 2.75) is 0 Å². The maximum atomic E-state index is 11.3. The van der Waals surface area contributed by atoms with Gasteiger partial charge in [-0.1, -0.05) is 0 Å². The first-order chi connectivity index (χ1) is 7.15. The maximum absolute atomic E-state index is 11.3. The summed E-state index contributed by atoms with van der Waals surface area (Å²) in [6.45, 7) is 0. The van der Waals surface area contributed by atoms with Gasteiger partial charge in [-0.25, -0.2) is 4.79 Å². The molecule has 0 bridgehead atoms. The Morgan fingerprint density at radius 1 is 1.47 bits per heavy atom. The minimum Gasteiger partial charge on any atom is -0.507 e. The third-order valence-electron chi connectivity index (χ3n) is 1.85. The molecule has 15 heavy (non-hydrogen) atoms. The molecule has 5 nitrogen and oxygen atoms in total. The van der Waals surface area contributed by atoms with Crippen LogP contribution in [0, 0.1) is 11.3 Å². The Morgan fingerprint density at radius 3 is 2.60 bits per heavy atom. The molecule has 0 atom stereocenters. The number of ether oxygens (including phenoxy) is 2. The van der Waals surface area contributed by atoms with Gasteiger partial charge in [0.2, 0.25) is 0 Å². The smallest absolute Gasteiger partial charge is 0.345 e. The van der Waals surface area contributed by atoms with E-state index in [9.17, 15) is 9.90 Å². The molecule has 0 saturated heterocycles. The Kier molecular flexibility index (Phi) is 3.13. The summed E-state index contributed by atoms with van der Waals surface area (Å²) in [4.78, 5) is 11.3. The highest BCUT2D eigenvalue weighted by Gasteiger charge is 2.21. The van der Waals surface area contributed by atoms with E-state index in [0.29, 0.717) is 0 Å². The van der Waals surface area contributed by atoms with Gasteiger partial charge in [0.25, 0.3) is 0 Å². The summed E-state index contributed by atoms with van der Waals surface area (Å²) in [7, 11) is 2.49. The Balaban J connectivity index is 3.47. The standard InChI is InChI=1S/C10H9NO4/c1-14-9-6(5-11)3-4-7(12)8(9)10(13)15-2/h3-4,12H,1-2H3. The molecule has 0 amide bonds. The van der Waals surface area contributed by atoms with Crippen molar-refractivity contribution < 1.29 is 19.4 Å². The lowest BCUT2D eigenvalue weighted by Crippen LogP contribution is -2.05. The number of nitrogens with zero attached hydrogens (tertiary/aromatic N) is 1. The summed E-state index contributed by atoms with van der Waals surface area (Å²) in [5, 5.41) is 18.2. The first-order valence-electron chi connectivity index (χ1n) is 4.04. The summed E-state index contributed by atoms with van der Waals surface area (Å²) in [6, 6.07) is 4.45. The van der Waals surface area contributed by atoms with Crippen LogP contribution in [-0.4, -0.2) is 25.3 Å². The maximum Gasteiger partial charge on any atom is 0.345 e. The van der Waals surface area contributed by atoms with E-state index >= 15 is 0 Å². The molecular weight excluding hydrogens is 198 g/mol. The molecule has 0 aromatic heterocycles. The van der Waals surface area contributed by atoms with Crippen molar-refractivity contribution in [2.24, 2.45) is 0 Å². The lowest BCUT2D eigenvalue weighted by Gasteiger charge is -2.09. The Morgan fingerprint density at radius 2 is 2.13 bits per heavy atom. The zero-order valence-corrected chi connectivity index (χ0v) is 8.27. The number of carbonyl (C=O) groups excluding carboxylic acids is 1. The second kappa shape index (κ2) is 4.33. The summed E-state index contributed by atoms with van der Waals surface area (Å²) in [5.41, 5.74) is 0.0229. The highest BCUT2D eigenvalue weighted by molar-refractivity contribution is 5.96. The molecule has 0 radical (unpaired) electrons. The van der Waals surface area contributed by atoms with Crippen molar-refractivity contribution in [3.8, 4) is 17.6 Å². The van der Waals surface area contributed by atoms with Crippen LogP contribution in [-0.2, 0) is 4.74 Å². The average Bonchev–Trinajstić information content (AvgIpc) is 2.27. The lowest BCUT2D eigenvalue weighted by molar-refractivity contribution is 0.0593. The number of methoxy groups -OCH3 is 2. The predicted molar refractivity (Wildman–Crippen MR) is 50.7 cm³/mol. The van der Waals surface area contributed by atoms with Crippen molar-refractivity contribution >= 4 is 5.97 Å². The summed E-state index contributed by atoms with van der Waals surface area (Å²) < 4.78 is 9.36. The molecule has 1 N–H and O–H groups in total. The van der Waals surface area contributed by atoms with Gasteiger partial charge in [-0.3, -0.25) is 0 Å². The lowest BCUT2D eigenvalue weighted by atomic mass is 10.1. The van der Waals surface area contributed by atoms with Gasteiger partial charge >= 0.3 is 5.97 Å². The molecule has 1 aromatic carbocycles. The van der Waals surface area contributed by atoms with Crippen molar-refractivity contribution in [3.63, 3.8) is 0 Å². The number of phenols is 1. The average molecular weight is 207 g/mol. The van der Waals surface area contributed by atoms with Crippen LogP contribution in [0.25, 0.3) is 0 Å². The van der Waals surface area contributed by atoms with Gasteiger partial charge in [-0.15, -0.1) is 0 Å². The molecule has 0 unspecified atom stereocenters. The SMILES string of the molecule is COC(=O)c1c(O)ccc(C#N)c1OC. The second-order valence-corrected chi connectivity index (χ2v) is 2.64. The zero-order chi connectivity index (χ0) is 11.4. The van der Waals surface area contributed by atoms with Crippen LogP contribution in [0.4, 0.5) is 0 Å². The van der Waals surface area contributed by atoms with Gasteiger partial charge < -0.3 is 14.6 Å². The molecular formula is C10H9NO4. The number of nitriles is 1. The van der Waals surface area contributed by atoms with Crippen LogP contribution >= 0.6 is 0 Å². The summed E-state index contributed by atoms with van der Waals surface area (Å²) >= 11 is 0. The molecule has 0 saturated carbocycles. The number of benzene rings is 1. The molecule has 0 aliphatic heterocycles. The quantitative estimate of drug-likeness (QED) is 0.733. The molecule has 0 aliphatic rings. The van der Waals surface area contributed by atoms with E-state index in [1.54, 1.807) is 0 Å². The molecule has 0 fully saturated rings. The van der Waals surface area contributed by atoms with Gasteiger partial charge in [0.1, 0.15) is 17.4 Å². The largest absolute Gasteiger partial charge is 0.507 e. The van der Waals surface area contributed by atoms with Gasteiger partial charge in [0.05, 0.1) is 19.8 Å².